The number of methoxy groups -OCH3 is 1. The molecule has 1 aliphatic heterocycles. The van der Waals surface area contributed by atoms with Crippen LogP contribution in [0.25, 0.3) is 0 Å². The second kappa shape index (κ2) is 10.3. The Labute approximate surface area is 184 Å². The lowest BCUT2D eigenvalue weighted by Gasteiger charge is -2.39. The molecule has 1 aliphatic rings. The van der Waals surface area contributed by atoms with Crippen molar-refractivity contribution < 1.29 is 9.47 Å². The first-order valence-electron chi connectivity index (χ1n) is 10.7. The topological polar surface area (TPSA) is 67.8 Å². The van der Waals surface area contributed by atoms with Gasteiger partial charge in [-0.25, -0.2) is 9.98 Å². The van der Waals surface area contributed by atoms with Gasteiger partial charge in [0, 0.05) is 42.2 Å². The maximum Gasteiger partial charge on any atom is 0.191 e. The van der Waals surface area contributed by atoms with E-state index >= 15 is 0 Å². The summed E-state index contributed by atoms with van der Waals surface area (Å²) in [7, 11) is 1.75. The highest BCUT2D eigenvalue weighted by molar-refractivity contribution is 7.11. The summed E-state index contributed by atoms with van der Waals surface area (Å²) in [5, 5.41) is 8.08. The molecule has 0 amide bonds. The smallest absolute Gasteiger partial charge is 0.191 e. The fraction of sp³-hybridized carbons (Fsp3) is 0.565. The molecule has 7 heteroatoms. The number of ether oxygens (including phenoxy) is 2. The molecule has 1 aromatic carbocycles. The molecule has 0 radical (unpaired) electrons. The van der Waals surface area contributed by atoms with E-state index in [1.807, 2.05) is 6.92 Å². The van der Waals surface area contributed by atoms with E-state index in [2.05, 4.69) is 54.6 Å². The molecule has 0 saturated carbocycles. The number of nitrogens with one attached hydrogen (secondary N) is 2. The highest BCUT2D eigenvalue weighted by Crippen LogP contribution is 2.40. The number of thiazole rings is 1. The van der Waals surface area contributed by atoms with Gasteiger partial charge in [0.25, 0.3) is 0 Å². The number of aryl methyl sites for hydroxylation is 3. The molecule has 6 nitrogen and oxygen atoms in total. The number of benzene rings is 1. The van der Waals surface area contributed by atoms with E-state index in [1.54, 1.807) is 18.4 Å². The van der Waals surface area contributed by atoms with Crippen molar-refractivity contribution in [2.24, 2.45) is 4.99 Å². The molecule has 1 aromatic heterocycles. The van der Waals surface area contributed by atoms with Gasteiger partial charge >= 0.3 is 0 Å². The van der Waals surface area contributed by atoms with Crippen LogP contribution in [0.1, 0.15) is 46.5 Å². The van der Waals surface area contributed by atoms with Gasteiger partial charge < -0.3 is 20.1 Å². The van der Waals surface area contributed by atoms with Crippen LogP contribution in [0.4, 0.5) is 0 Å². The summed E-state index contributed by atoms with van der Waals surface area (Å²) in [6.07, 6.45) is 1.90. The van der Waals surface area contributed by atoms with Crippen molar-refractivity contribution in [3.63, 3.8) is 0 Å². The molecule has 0 unspecified atom stereocenters. The van der Waals surface area contributed by atoms with E-state index < -0.39 is 0 Å². The van der Waals surface area contributed by atoms with Gasteiger partial charge in [0.05, 0.1) is 24.4 Å². The third kappa shape index (κ3) is 5.32. The Morgan fingerprint density at radius 3 is 2.63 bits per heavy atom. The minimum absolute atomic E-state index is 0.0528. The molecule has 0 atom stereocenters. The number of guanidine groups is 1. The summed E-state index contributed by atoms with van der Waals surface area (Å²) in [5.41, 5.74) is 3.52. The van der Waals surface area contributed by atoms with Gasteiger partial charge in [-0.15, -0.1) is 11.3 Å². The Kier molecular flexibility index (Phi) is 7.72. The van der Waals surface area contributed by atoms with E-state index in [0.29, 0.717) is 6.54 Å². The molecule has 1 fully saturated rings. The zero-order chi connectivity index (χ0) is 21.6. The number of rotatable bonds is 7. The molecule has 0 spiro atoms. The average Bonchev–Trinajstić information content (AvgIpc) is 3.07. The first-order valence-corrected chi connectivity index (χ1v) is 11.5. The van der Waals surface area contributed by atoms with Crippen LogP contribution in [0.3, 0.4) is 0 Å². The maximum absolute atomic E-state index is 5.73. The second-order valence-electron chi connectivity index (χ2n) is 7.89. The van der Waals surface area contributed by atoms with Crippen LogP contribution in [-0.2, 0) is 16.7 Å². The molecular weight excluding hydrogens is 396 g/mol. The number of hydrogen-bond donors (Lipinski definition) is 2. The minimum Gasteiger partial charge on any atom is -0.496 e. The zero-order valence-corrected chi connectivity index (χ0v) is 19.6. The highest BCUT2D eigenvalue weighted by Gasteiger charge is 2.37. The average molecular weight is 431 g/mol. The molecular formula is C23H34N4O2S. The van der Waals surface area contributed by atoms with Crippen molar-refractivity contribution in [1.82, 2.24) is 15.6 Å². The Bertz CT molecular complexity index is 872. The van der Waals surface area contributed by atoms with E-state index in [4.69, 9.17) is 14.5 Å². The third-order valence-corrected chi connectivity index (χ3v) is 6.75. The summed E-state index contributed by atoms with van der Waals surface area (Å²) >= 11 is 1.72. The molecule has 0 aliphatic carbocycles. The Balaban J connectivity index is 1.82. The first-order chi connectivity index (χ1) is 14.5. The van der Waals surface area contributed by atoms with Gasteiger partial charge in [0.2, 0.25) is 0 Å². The fourth-order valence-corrected chi connectivity index (χ4v) is 4.87. The van der Waals surface area contributed by atoms with Crippen LogP contribution in [0.15, 0.2) is 23.2 Å². The summed E-state index contributed by atoms with van der Waals surface area (Å²) in [6, 6.07) is 6.45. The summed E-state index contributed by atoms with van der Waals surface area (Å²) < 4.78 is 11.4. The van der Waals surface area contributed by atoms with Gasteiger partial charge in [-0.2, -0.15) is 0 Å². The molecule has 30 heavy (non-hydrogen) atoms. The van der Waals surface area contributed by atoms with Crippen molar-refractivity contribution in [2.75, 3.05) is 33.4 Å². The van der Waals surface area contributed by atoms with Crippen LogP contribution < -0.4 is 15.4 Å². The highest BCUT2D eigenvalue weighted by atomic mass is 32.1. The van der Waals surface area contributed by atoms with Gasteiger partial charge in [-0.05, 0) is 46.6 Å². The zero-order valence-electron chi connectivity index (χ0n) is 18.8. The summed E-state index contributed by atoms with van der Waals surface area (Å²) in [4.78, 5) is 10.6. The maximum atomic E-state index is 5.73. The van der Waals surface area contributed by atoms with E-state index in [1.165, 1.54) is 16.0 Å². The van der Waals surface area contributed by atoms with Crippen LogP contribution in [0.2, 0.25) is 0 Å². The Morgan fingerprint density at radius 1 is 1.23 bits per heavy atom. The Hall–Kier alpha value is -2.12. The number of aliphatic imine (C=N–C) groups is 1. The standard InChI is InChI=1S/C23H34N4O2S/c1-6-24-22(25-14-21-17(3)27-18(4)30-21)26-15-23(9-11-29-12-10-23)19-13-16(2)7-8-20(19)28-5/h7-8,13H,6,9-12,14-15H2,1-5H3,(H2,24,25,26). The molecule has 2 heterocycles. The predicted octanol–water partition coefficient (Wildman–Crippen LogP) is 3.88. The van der Waals surface area contributed by atoms with E-state index in [-0.39, 0.29) is 5.41 Å². The van der Waals surface area contributed by atoms with Crippen LogP contribution in [0, 0.1) is 20.8 Å². The second-order valence-corrected chi connectivity index (χ2v) is 9.17. The van der Waals surface area contributed by atoms with Crippen molar-refractivity contribution in [3.8, 4) is 5.75 Å². The van der Waals surface area contributed by atoms with Crippen LogP contribution in [-0.4, -0.2) is 44.4 Å². The third-order valence-electron chi connectivity index (χ3n) is 5.70. The number of nitrogens with zero attached hydrogens (tertiary/aromatic N) is 2. The molecule has 2 aromatic rings. The van der Waals surface area contributed by atoms with E-state index in [0.717, 1.165) is 61.6 Å². The van der Waals surface area contributed by atoms with Gasteiger partial charge in [-0.1, -0.05) is 17.7 Å². The number of aromatic nitrogens is 1. The normalized spacial score (nSPS) is 16.4. The summed E-state index contributed by atoms with van der Waals surface area (Å²) in [6.45, 7) is 12.1. The van der Waals surface area contributed by atoms with Crippen LogP contribution >= 0.6 is 11.3 Å². The Morgan fingerprint density at radius 2 is 2.00 bits per heavy atom. The SMILES string of the molecule is CCNC(=NCc1sc(C)nc1C)NCC1(c2cc(C)ccc2OC)CCOCC1. The van der Waals surface area contributed by atoms with Crippen molar-refractivity contribution in [2.45, 2.75) is 52.5 Å². The van der Waals surface area contributed by atoms with E-state index in [9.17, 15) is 0 Å². The lowest BCUT2D eigenvalue weighted by molar-refractivity contribution is 0.0505. The van der Waals surface area contributed by atoms with Crippen molar-refractivity contribution >= 4 is 17.3 Å². The molecule has 3 rings (SSSR count). The molecule has 164 valence electrons. The monoisotopic (exact) mass is 430 g/mol. The fourth-order valence-electron chi connectivity index (χ4n) is 4.01. The number of hydrogen-bond acceptors (Lipinski definition) is 5. The van der Waals surface area contributed by atoms with Crippen molar-refractivity contribution in [1.29, 1.82) is 0 Å². The molecule has 0 bridgehead atoms. The lowest BCUT2D eigenvalue weighted by atomic mass is 9.73. The predicted molar refractivity (Wildman–Crippen MR) is 124 cm³/mol. The largest absolute Gasteiger partial charge is 0.496 e. The van der Waals surface area contributed by atoms with Gasteiger partial charge in [0.1, 0.15) is 5.75 Å². The molecule has 1 saturated heterocycles. The lowest BCUT2D eigenvalue weighted by Crippen LogP contribution is -2.48. The van der Waals surface area contributed by atoms with Crippen LogP contribution in [0.5, 0.6) is 5.75 Å². The van der Waals surface area contributed by atoms with Crippen molar-refractivity contribution in [3.05, 3.63) is 44.9 Å². The molecule has 2 N–H and O–H groups in total. The summed E-state index contributed by atoms with van der Waals surface area (Å²) in [5.74, 6) is 1.78. The van der Waals surface area contributed by atoms with Gasteiger partial charge in [-0.3, -0.25) is 0 Å². The van der Waals surface area contributed by atoms with Gasteiger partial charge in [0.15, 0.2) is 5.96 Å². The minimum atomic E-state index is -0.0528. The first kappa shape index (κ1) is 22.6. The quantitative estimate of drug-likeness (QED) is 0.515.